The second-order valence-corrected chi connectivity index (χ2v) is 8.02. The van der Waals surface area contributed by atoms with Crippen molar-refractivity contribution < 1.29 is 13.5 Å². The molecule has 0 amide bonds. The summed E-state index contributed by atoms with van der Waals surface area (Å²) < 4.78 is 23.7. The van der Waals surface area contributed by atoms with Crippen LogP contribution in [0.3, 0.4) is 0 Å². The molecule has 0 radical (unpaired) electrons. The highest BCUT2D eigenvalue weighted by atomic mass is 32.2. The van der Waals surface area contributed by atoms with Crippen molar-refractivity contribution in [1.82, 2.24) is 0 Å². The van der Waals surface area contributed by atoms with Crippen molar-refractivity contribution in [3.63, 3.8) is 0 Å². The minimum atomic E-state index is -2.95. The summed E-state index contributed by atoms with van der Waals surface area (Å²) in [7, 11) is -2.95. The Labute approximate surface area is 89.8 Å². The fourth-order valence-electron chi connectivity index (χ4n) is 3.25. The SMILES string of the molecule is NC1(C2(O)CC3CCC(C2)S3(=O)=O)CC1. The zero-order valence-corrected chi connectivity index (χ0v) is 9.46. The lowest BCUT2D eigenvalue weighted by atomic mass is 9.84. The molecule has 2 aliphatic heterocycles. The molecule has 0 aromatic rings. The monoisotopic (exact) mass is 231 g/mol. The molecule has 0 spiro atoms. The maximum atomic E-state index is 11.9. The molecule has 4 nitrogen and oxygen atoms in total. The molecule has 2 bridgehead atoms. The van der Waals surface area contributed by atoms with E-state index in [0.29, 0.717) is 25.7 Å². The summed E-state index contributed by atoms with van der Waals surface area (Å²) in [6.07, 6.45) is 3.83. The van der Waals surface area contributed by atoms with E-state index in [-0.39, 0.29) is 10.5 Å². The molecule has 3 rings (SSSR count). The van der Waals surface area contributed by atoms with Crippen molar-refractivity contribution in [3.8, 4) is 0 Å². The number of fused-ring (bicyclic) bond motifs is 2. The quantitative estimate of drug-likeness (QED) is 0.663. The molecule has 5 heteroatoms. The Hall–Kier alpha value is -0.130. The molecule has 3 N–H and O–H groups in total. The van der Waals surface area contributed by atoms with E-state index in [2.05, 4.69) is 0 Å². The number of nitrogens with two attached hydrogens (primary N) is 1. The summed E-state index contributed by atoms with van der Waals surface area (Å²) in [6.45, 7) is 0. The summed E-state index contributed by atoms with van der Waals surface area (Å²) >= 11 is 0. The topological polar surface area (TPSA) is 80.4 Å². The summed E-state index contributed by atoms with van der Waals surface area (Å²) in [6, 6.07) is 0. The number of aliphatic hydroxyl groups is 1. The van der Waals surface area contributed by atoms with E-state index >= 15 is 0 Å². The van der Waals surface area contributed by atoms with Crippen LogP contribution in [0.5, 0.6) is 0 Å². The van der Waals surface area contributed by atoms with E-state index in [1.807, 2.05) is 0 Å². The minimum absolute atomic E-state index is 0.331. The number of hydrogen-bond acceptors (Lipinski definition) is 4. The largest absolute Gasteiger partial charge is 0.388 e. The Morgan fingerprint density at radius 2 is 1.60 bits per heavy atom. The fraction of sp³-hybridized carbons (Fsp3) is 1.00. The summed E-state index contributed by atoms with van der Waals surface area (Å²) in [4.78, 5) is 0. The molecule has 1 aliphatic carbocycles. The molecule has 2 atom stereocenters. The molecule has 2 saturated heterocycles. The highest BCUT2D eigenvalue weighted by Crippen LogP contribution is 2.53. The lowest BCUT2D eigenvalue weighted by Gasteiger charge is -2.40. The highest BCUT2D eigenvalue weighted by Gasteiger charge is 2.63. The van der Waals surface area contributed by atoms with Gasteiger partial charge in [0.15, 0.2) is 9.84 Å². The van der Waals surface area contributed by atoms with Gasteiger partial charge in [-0.05, 0) is 38.5 Å². The summed E-state index contributed by atoms with van der Waals surface area (Å²) in [5, 5.41) is 9.83. The lowest BCUT2D eigenvalue weighted by Crippen LogP contribution is -2.57. The zero-order chi connectivity index (χ0) is 10.9. The van der Waals surface area contributed by atoms with Crippen molar-refractivity contribution in [2.45, 2.75) is 60.2 Å². The second kappa shape index (κ2) is 2.57. The van der Waals surface area contributed by atoms with Crippen LogP contribution in [-0.2, 0) is 9.84 Å². The van der Waals surface area contributed by atoms with Gasteiger partial charge in [0.05, 0.1) is 16.1 Å². The van der Waals surface area contributed by atoms with Crippen LogP contribution in [0.15, 0.2) is 0 Å². The van der Waals surface area contributed by atoms with Gasteiger partial charge >= 0.3 is 0 Å². The number of hydrogen-bond donors (Lipinski definition) is 2. The average molecular weight is 231 g/mol. The maximum Gasteiger partial charge on any atom is 0.156 e. The predicted molar refractivity (Wildman–Crippen MR) is 56.1 cm³/mol. The standard InChI is InChI=1S/C10H17NO3S/c11-9(3-4-9)10(12)5-7-1-2-8(6-10)15(7,13)14/h7-8,12H,1-6,11H2. The Morgan fingerprint density at radius 1 is 1.13 bits per heavy atom. The molecule has 3 fully saturated rings. The van der Waals surface area contributed by atoms with E-state index in [0.717, 1.165) is 12.8 Å². The Bertz CT molecular complexity index is 379. The first-order chi connectivity index (χ1) is 6.87. The molecule has 15 heavy (non-hydrogen) atoms. The van der Waals surface area contributed by atoms with E-state index in [4.69, 9.17) is 5.73 Å². The van der Waals surface area contributed by atoms with Gasteiger partial charge in [-0.1, -0.05) is 0 Å². The summed E-state index contributed by atoms with van der Waals surface area (Å²) in [5.74, 6) is 0. The van der Waals surface area contributed by atoms with Gasteiger partial charge in [-0.15, -0.1) is 0 Å². The summed E-state index contributed by atoms with van der Waals surface area (Å²) in [5.41, 5.74) is 4.66. The maximum absolute atomic E-state index is 11.9. The third-order valence-corrected chi connectivity index (χ3v) is 7.25. The predicted octanol–water partition coefficient (Wildman–Crippen LogP) is -0.0516. The smallest absolute Gasteiger partial charge is 0.156 e. The van der Waals surface area contributed by atoms with Crippen molar-refractivity contribution in [3.05, 3.63) is 0 Å². The van der Waals surface area contributed by atoms with Gasteiger partial charge in [0.25, 0.3) is 0 Å². The van der Waals surface area contributed by atoms with Crippen LogP contribution < -0.4 is 5.73 Å². The van der Waals surface area contributed by atoms with E-state index in [1.165, 1.54) is 0 Å². The van der Waals surface area contributed by atoms with Crippen LogP contribution in [0.1, 0.15) is 38.5 Å². The van der Waals surface area contributed by atoms with Crippen molar-refractivity contribution >= 4 is 9.84 Å². The molecule has 1 saturated carbocycles. The van der Waals surface area contributed by atoms with Gasteiger partial charge in [0, 0.05) is 5.54 Å². The van der Waals surface area contributed by atoms with Crippen molar-refractivity contribution in [2.75, 3.05) is 0 Å². The van der Waals surface area contributed by atoms with Gasteiger partial charge in [-0.3, -0.25) is 0 Å². The van der Waals surface area contributed by atoms with Crippen LogP contribution >= 0.6 is 0 Å². The zero-order valence-electron chi connectivity index (χ0n) is 8.65. The highest BCUT2D eigenvalue weighted by molar-refractivity contribution is 7.93. The van der Waals surface area contributed by atoms with Crippen LogP contribution in [0.4, 0.5) is 0 Å². The van der Waals surface area contributed by atoms with Crippen LogP contribution in [-0.4, -0.2) is 35.2 Å². The first kappa shape index (κ1) is 10.1. The first-order valence-electron chi connectivity index (χ1n) is 5.61. The second-order valence-electron chi connectivity index (χ2n) is 5.51. The van der Waals surface area contributed by atoms with Crippen LogP contribution in [0, 0.1) is 0 Å². The third-order valence-electron chi connectivity index (χ3n) is 4.59. The molecule has 0 aromatic heterocycles. The Balaban J connectivity index is 1.95. The van der Waals surface area contributed by atoms with E-state index in [9.17, 15) is 13.5 Å². The van der Waals surface area contributed by atoms with Crippen LogP contribution in [0.2, 0.25) is 0 Å². The lowest BCUT2D eigenvalue weighted by molar-refractivity contribution is -0.0131. The van der Waals surface area contributed by atoms with Gasteiger partial charge < -0.3 is 10.8 Å². The fourth-order valence-corrected chi connectivity index (χ4v) is 5.74. The van der Waals surface area contributed by atoms with Gasteiger partial charge in [0.2, 0.25) is 0 Å². The van der Waals surface area contributed by atoms with Crippen LogP contribution in [0.25, 0.3) is 0 Å². The molecule has 3 aliphatic rings. The normalized spacial score (nSPS) is 50.3. The third kappa shape index (κ3) is 1.17. The molecule has 0 aromatic carbocycles. The Morgan fingerprint density at radius 3 is 2.00 bits per heavy atom. The molecule has 2 heterocycles. The molecular weight excluding hydrogens is 214 g/mol. The van der Waals surface area contributed by atoms with Gasteiger partial charge in [0.1, 0.15) is 0 Å². The van der Waals surface area contributed by atoms with Crippen molar-refractivity contribution in [2.24, 2.45) is 5.73 Å². The van der Waals surface area contributed by atoms with E-state index < -0.39 is 21.0 Å². The first-order valence-corrected chi connectivity index (χ1v) is 7.22. The molecule has 86 valence electrons. The number of rotatable bonds is 1. The average Bonchev–Trinajstić information content (AvgIpc) is 2.85. The van der Waals surface area contributed by atoms with E-state index in [1.54, 1.807) is 0 Å². The van der Waals surface area contributed by atoms with Gasteiger partial charge in [-0.2, -0.15) is 0 Å². The molecule has 2 unspecified atom stereocenters. The Kier molecular flexibility index (Phi) is 1.73. The van der Waals surface area contributed by atoms with Crippen molar-refractivity contribution in [1.29, 1.82) is 0 Å². The van der Waals surface area contributed by atoms with Gasteiger partial charge in [-0.25, -0.2) is 8.42 Å². The number of sulfone groups is 1. The molecular formula is C10H17NO3S. The minimum Gasteiger partial charge on any atom is -0.388 e.